The van der Waals surface area contributed by atoms with Gasteiger partial charge in [-0.1, -0.05) is 46.2 Å². The van der Waals surface area contributed by atoms with Gasteiger partial charge < -0.3 is 64.4 Å². The Kier molecular flexibility index (Phi) is 27.8. The van der Waals surface area contributed by atoms with Gasteiger partial charge in [-0.25, -0.2) is 0 Å². The molecule has 0 saturated carbocycles. The first kappa shape index (κ1) is 46.6. The van der Waals surface area contributed by atoms with Crippen LogP contribution in [0.1, 0.15) is 46.1 Å². The number of carbonyl (C=O) groups is 6. The minimum Gasteiger partial charge on any atom is -0.508 e. The summed E-state index contributed by atoms with van der Waals surface area (Å²) in [6, 6.07) is 2.72. The van der Waals surface area contributed by atoms with Gasteiger partial charge in [0.1, 0.15) is 29.9 Å². The first-order valence-corrected chi connectivity index (χ1v) is 12.9. The number of carboxylic acids is 6. The molecule has 0 aromatic heterocycles. The first-order chi connectivity index (χ1) is 20.0. The Balaban J connectivity index is -0.000000235. The molecule has 0 radical (unpaired) electrons. The number of hydrogen-bond donors (Lipinski definition) is 12. The highest BCUT2D eigenvalue weighted by atomic mass is 16.4. The summed E-state index contributed by atoms with van der Waals surface area (Å²) < 4.78 is 0. The largest absolute Gasteiger partial charge is 0.508 e. The molecule has 0 aliphatic heterocycles. The van der Waals surface area contributed by atoms with Crippen molar-refractivity contribution in [3.8, 4) is 5.75 Å². The van der Waals surface area contributed by atoms with E-state index in [1.165, 1.54) is 12.1 Å². The van der Waals surface area contributed by atoms with Crippen molar-refractivity contribution in [3.63, 3.8) is 0 Å². The summed E-state index contributed by atoms with van der Waals surface area (Å²) in [4.78, 5) is 59.4. The van der Waals surface area contributed by atoms with Gasteiger partial charge in [-0.3, -0.25) is 28.8 Å². The summed E-state index contributed by atoms with van der Waals surface area (Å²) in [5.74, 6) is -6.08. The highest BCUT2D eigenvalue weighted by Gasteiger charge is 2.17. The number of nitrogens with two attached hydrogens (primary N) is 5. The molecule has 1 aromatic carbocycles. The zero-order valence-electron chi connectivity index (χ0n) is 25.1. The highest BCUT2D eigenvalue weighted by Crippen LogP contribution is 2.10. The third kappa shape index (κ3) is 29.1. The summed E-state index contributed by atoms with van der Waals surface area (Å²) in [6.45, 7) is 7.03. The van der Waals surface area contributed by atoms with Crippen LogP contribution in [0, 0.1) is 11.8 Å². The fraction of sp³-hybridized carbons (Fsp3) is 0.538. The maximum absolute atomic E-state index is 10.4. The van der Waals surface area contributed by atoms with Crippen LogP contribution in [0.15, 0.2) is 24.3 Å². The van der Waals surface area contributed by atoms with Crippen LogP contribution in [0.4, 0.5) is 0 Å². The minimum absolute atomic E-state index is 0.0208. The predicted octanol–water partition coefficient (Wildman–Crippen LogP) is -1.25. The number of phenolic OH excluding ortho intramolecular Hbond substituents is 1. The summed E-state index contributed by atoms with van der Waals surface area (Å²) in [5, 5.41) is 57.7. The van der Waals surface area contributed by atoms with Crippen LogP contribution in [0.2, 0.25) is 0 Å². The smallest absolute Gasteiger partial charge is 0.321 e. The minimum atomic E-state index is -1.29. The van der Waals surface area contributed by atoms with Crippen LogP contribution in [-0.4, -0.2) is 102 Å². The molecule has 0 aliphatic rings. The normalized spacial score (nSPS) is 13.0. The summed E-state index contributed by atoms with van der Waals surface area (Å²) in [7, 11) is 0. The van der Waals surface area contributed by atoms with Crippen LogP contribution in [-0.2, 0) is 35.2 Å². The van der Waals surface area contributed by atoms with Gasteiger partial charge >= 0.3 is 35.8 Å². The molecule has 0 saturated heterocycles. The van der Waals surface area contributed by atoms with Crippen molar-refractivity contribution in [2.24, 2.45) is 40.5 Å². The van der Waals surface area contributed by atoms with Crippen molar-refractivity contribution in [1.82, 2.24) is 0 Å². The van der Waals surface area contributed by atoms with Gasteiger partial charge in [0.25, 0.3) is 0 Å². The van der Waals surface area contributed by atoms with Gasteiger partial charge in [0, 0.05) is 0 Å². The van der Waals surface area contributed by atoms with E-state index >= 15 is 0 Å². The molecule has 17 N–H and O–H groups in total. The predicted molar refractivity (Wildman–Crippen MR) is 157 cm³/mol. The van der Waals surface area contributed by atoms with E-state index in [1.807, 2.05) is 13.8 Å². The number of aromatic hydroxyl groups is 1. The average Bonchev–Trinajstić information content (AvgIpc) is 2.93. The van der Waals surface area contributed by atoms with Crippen molar-refractivity contribution in [3.05, 3.63) is 29.8 Å². The van der Waals surface area contributed by atoms with E-state index in [0.717, 1.165) is 12.0 Å². The summed E-state index contributed by atoms with van der Waals surface area (Å²) in [5.41, 5.74) is 26.0. The fourth-order valence-corrected chi connectivity index (χ4v) is 2.03. The maximum atomic E-state index is 10.4. The molecule has 0 amide bonds. The lowest BCUT2D eigenvalue weighted by atomic mass is 10.0. The van der Waals surface area contributed by atoms with E-state index in [0.29, 0.717) is 0 Å². The molecule has 0 bridgehead atoms. The van der Waals surface area contributed by atoms with Crippen molar-refractivity contribution < 1.29 is 64.5 Å². The van der Waals surface area contributed by atoms with E-state index in [2.05, 4.69) is 5.73 Å². The van der Waals surface area contributed by atoms with Gasteiger partial charge in [-0.2, -0.15) is 0 Å². The second-order valence-electron chi connectivity index (χ2n) is 9.31. The van der Waals surface area contributed by atoms with Crippen molar-refractivity contribution in [2.45, 2.75) is 71.1 Å². The van der Waals surface area contributed by atoms with E-state index in [9.17, 15) is 28.8 Å². The second-order valence-corrected chi connectivity index (χ2v) is 9.31. The monoisotopic (exact) mass is 637 g/mol. The first-order valence-electron chi connectivity index (χ1n) is 12.9. The van der Waals surface area contributed by atoms with E-state index in [1.54, 1.807) is 26.0 Å². The number of benzene rings is 1. The van der Waals surface area contributed by atoms with E-state index < -0.39 is 66.4 Å². The Labute approximate surface area is 254 Å². The molecule has 254 valence electrons. The topological polar surface area (TPSA) is 374 Å². The quantitative estimate of drug-likeness (QED) is 0.127. The van der Waals surface area contributed by atoms with Crippen molar-refractivity contribution >= 4 is 35.8 Å². The Morgan fingerprint density at radius 3 is 1.23 bits per heavy atom. The lowest BCUT2D eigenvalue weighted by Gasteiger charge is -2.11. The number of aliphatic carboxylic acids is 6. The molecule has 0 unspecified atom stereocenters. The third-order valence-electron chi connectivity index (χ3n) is 5.14. The second kappa shape index (κ2) is 26.3. The lowest BCUT2D eigenvalue weighted by Crippen LogP contribution is -2.36. The standard InChI is InChI=1S/C9H11NO3.C6H13NO2.C5H11NO2.C4H7NO4.C2H5NO2/c10-8(9(12)13)5-6-1-3-7(11)4-2-6;1-3-4(2)5(7)6(8)9;1-3(2)4(6)5(7)8;5-2(4(8)9)1-3(6)7;3-1-2(4)5/h1-4,8,11H,5,10H2,(H,12,13);4-5H,3,7H2,1-2H3,(H,8,9);3-4H,6H2,1-2H3,(H,7,8);2H,1,5H2,(H,6,7)(H,8,9);1,3H2,(H,4,5)/t8-;4-,5-;4-;2-;/m0000./s1. The molecule has 1 rings (SSSR count). The number of rotatable bonds is 12. The molecular weight excluding hydrogens is 590 g/mol. The SMILES string of the molecule is CC(C)[C@H](N)C(=O)O.CC[C@H](C)[C@H](N)C(=O)O.NCC(=O)O.N[C@@H](CC(=O)O)C(=O)O.N[C@@H](Cc1ccc(O)cc1)C(=O)O. The molecular formula is C26H47N5O13. The highest BCUT2D eigenvalue weighted by molar-refractivity contribution is 5.80. The third-order valence-corrected chi connectivity index (χ3v) is 5.14. The van der Waals surface area contributed by atoms with Crippen LogP contribution in [0.25, 0.3) is 0 Å². The van der Waals surface area contributed by atoms with Gasteiger partial charge in [0.2, 0.25) is 0 Å². The van der Waals surface area contributed by atoms with E-state index in [-0.39, 0.29) is 30.6 Å². The number of hydrogen-bond acceptors (Lipinski definition) is 12. The van der Waals surface area contributed by atoms with Crippen LogP contribution in [0.5, 0.6) is 5.75 Å². The number of phenols is 1. The molecule has 0 spiro atoms. The molecule has 5 atom stereocenters. The van der Waals surface area contributed by atoms with E-state index in [4.69, 9.17) is 58.7 Å². The number of carboxylic acid groups (broad SMARTS) is 6. The van der Waals surface area contributed by atoms with Crippen LogP contribution >= 0.6 is 0 Å². The van der Waals surface area contributed by atoms with Gasteiger partial charge in [0.05, 0.1) is 13.0 Å². The average molecular weight is 638 g/mol. The molecule has 18 nitrogen and oxygen atoms in total. The Hall–Kier alpha value is -4.36. The summed E-state index contributed by atoms with van der Waals surface area (Å²) in [6.07, 6.45) is 0.554. The lowest BCUT2D eigenvalue weighted by molar-refractivity contribution is -0.144. The van der Waals surface area contributed by atoms with Crippen molar-refractivity contribution in [1.29, 1.82) is 0 Å². The fourth-order valence-electron chi connectivity index (χ4n) is 2.03. The zero-order chi connectivity index (χ0) is 35.7. The van der Waals surface area contributed by atoms with Crippen LogP contribution < -0.4 is 28.7 Å². The van der Waals surface area contributed by atoms with Gasteiger partial charge in [-0.15, -0.1) is 0 Å². The molecule has 18 heteroatoms. The maximum Gasteiger partial charge on any atom is 0.321 e. The van der Waals surface area contributed by atoms with Gasteiger partial charge in [-0.05, 0) is 36.0 Å². The zero-order valence-corrected chi connectivity index (χ0v) is 25.1. The summed E-state index contributed by atoms with van der Waals surface area (Å²) >= 11 is 0. The molecule has 0 aliphatic carbocycles. The molecule has 44 heavy (non-hydrogen) atoms. The Morgan fingerprint density at radius 2 is 1.05 bits per heavy atom. The molecule has 0 fully saturated rings. The molecule has 0 heterocycles. The Bertz CT molecular complexity index is 1010. The molecule has 1 aromatic rings. The van der Waals surface area contributed by atoms with Crippen LogP contribution in [0.3, 0.4) is 0 Å². The van der Waals surface area contributed by atoms with Crippen molar-refractivity contribution in [2.75, 3.05) is 6.54 Å². The van der Waals surface area contributed by atoms with Gasteiger partial charge in [0.15, 0.2) is 0 Å². The Morgan fingerprint density at radius 1 is 0.659 bits per heavy atom.